The molecule has 0 aromatic carbocycles. The Hall–Kier alpha value is -0.460. The summed E-state index contributed by atoms with van der Waals surface area (Å²) in [5.41, 5.74) is -0.418. The molecule has 1 aliphatic rings. The molecule has 0 saturated carbocycles. The summed E-state index contributed by atoms with van der Waals surface area (Å²) in [7, 11) is 0. The number of carboxylic acid groups (broad SMARTS) is 1. The zero-order valence-electron chi connectivity index (χ0n) is 6.03. The van der Waals surface area contributed by atoms with E-state index in [0.717, 1.165) is 0 Å². The van der Waals surface area contributed by atoms with Crippen LogP contribution in [0.25, 0.3) is 0 Å². The number of rotatable bonds is 1. The minimum atomic E-state index is -1.34. The molecule has 1 aliphatic heterocycles. The van der Waals surface area contributed by atoms with Gasteiger partial charge in [0.1, 0.15) is 5.71 Å². The van der Waals surface area contributed by atoms with E-state index in [-0.39, 0.29) is 44.2 Å². The number of nitrogens with one attached hydrogen (secondary N) is 1. The van der Waals surface area contributed by atoms with Crippen molar-refractivity contribution >= 4 is 61.4 Å². The van der Waals surface area contributed by atoms with Crippen LogP contribution in [0.15, 0.2) is 4.99 Å². The Bertz CT molecular complexity index is 273. The second-order valence-corrected chi connectivity index (χ2v) is 1.89. The average molecular weight is 196 g/mol. The number of aliphatic carboxylic acids is 1. The molecule has 0 aromatic rings. The quantitative estimate of drug-likeness (QED) is 0.513. The van der Waals surface area contributed by atoms with Crippen LogP contribution in [0, 0.1) is 0 Å². The Morgan fingerprint density at radius 2 is 2.08 bits per heavy atom. The summed E-state index contributed by atoms with van der Waals surface area (Å²) < 4.78 is 0. The standard InChI is InChI=1S/C5H4N2O4.Ca/c8-3-1-2(4(9)10)6-5(11)7-3;/h1H2,(H,9,10)(H,7,8,11);/q;+2. The molecule has 0 saturated heterocycles. The van der Waals surface area contributed by atoms with Crippen LogP contribution in [0.4, 0.5) is 4.79 Å². The van der Waals surface area contributed by atoms with E-state index < -0.39 is 23.6 Å². The number of amides is 3. The number of urea groups is 1. The summed E-state index contributed by atoms with van der Waals surface area (Å²) in [4.78, 5) is 34.2. The summed E-state index contributed by atoms with van der Waals surface area (Å²) in [5, 5.41) is 10.1. The summed E-state index contributed by atoms with van der Waals surface area (Å²) in [5.74, 6) is -1.98. The summed E-state index contributed by atoms with van der Waals surface area (Å²) in [6.07, 6.45) is -0.346. The van der Waals surface area contributed by atoms with Gasteiger partial charge in [-0.2, -0.15) is 4.99 Å². The molecule has 0 aliphatic carbocycles. The molecule has 0 radical (unpaired) electrons. The monoisotopic (exact) mass is 196 g/mol. The molecule has 6 nitrogen and oxygen atoms in total. The van der Waals surface area contributed by atoms with E-state index in [1.165, 1.54) is 0 Å². The molecule has 7 heteroatoms. The van der Waals surface area contributed by atoms with Crippen LogP contribution in [0.1, 0.15) is 6.42 Å². The van der Waals surface area contributed by atoms with Gasteiger partial charge in [-0.1, -0.05) is 0 Å². The molecule has 1 rings (SSSR count). The normalized spacial score (nSPS) is 15.8. The third-order valence-electron chi connectivity index (χ3n) is 1.06. The van der Waals surface area contributed by atoms with Gasteiger partial charge in [0, 0.05) is 0 Å². The molecule has 0 bridgehead atoms. The van der Waals surface area contributed by atoms with Crippen molar-refractivity contribution in [3.63, 3.8) is 0 Å². The molecule has 0 unspecified atom stereocenters. The first-order valence-corrected chi connectivity index (χ1v) is 2.74. The Labute approximate surface area is 97.0 Å². The van der Waals surface area contributed by atoms with E-state index in [9.17, 15) is 14.4 Å². The number of hydrogen-bond acceptors (Lipinski definition) is 3. The van der Waals surface area contributed by atoms with Gasteiger partial charge in [-0.05, 0) is 0 Å². The molecule has 0 aromatic heterocycles. The fourth-order valence-electron chi connectivity index (χ4n) is 0.629. The maximum atomic E-state index is 10.5. The van der Waals surface area contributed by atoms with Gasteiger partial charge in [0.25, 0.3) is 0 Å². The Morgan fingerprint density at radius 3 is 2.50 bits per heavy atom. The maximum absolute atomic E-state index is 10.5. The van der Waals surface area contributed by atoms with Crippen molar-refractivity contribution in [2.75, 3.05) is 0 Å². The zero-order valence-corrected chi connectivity index (χ0v) is 8.24. The number of carboxylic acids is 1. The number of hydrogen-bond donors (Lipinski definition) is 2. The Balaban J connectivity index is 0.00000121. The van der Waals surface area contributed by atoms with Crippen LogP contribution in [-0.4, -0.2) is 66.5 Å². The number of nitrogens with zero attached hydrogens (tertiary/aromatic N) is 1. The molecular formula is C5H4CaN2O4+2. The fourth-order valence-corrected chi connectivity index (χ4v) is 0.629. The van der Waals surface area contributed by atoms with Crippen LogP contribution < -0.4 is 5.32 Å². The molecule has 0 spiro atoms. The van der Waals surface area contributed by atoms with E-state index in [1.54, 1.807) is 0 Å². The molecular weight excluding hydrogens is 192 g/mol. The first-order chi connectivity index (χ1) is 5.09. The summed E-state index contributed by atoms with van der Waals surface area (Å²) in [6.45, 7) is 0. The van der Waals surface area contributed by atoms with Gasteiger partial charge in [0.2, 0.25) is 5.91 Å². The Morgan fingerprint density at radius 1 is 1.50 bits per heavy atom. The van der Waals surface area contributed by atoms with Crippen molar-refractivity contribution < 1.29 is 19.5 Å². The van der Waals surface area contributed by atoms with Crippen LogP contribution in [0.3, 0.4) is 0 Å². The second-order valence-electron chi connectivity index (χ2n) is 1.89. The molecule has 0 fully saturated rings. The topological polar surface area (TPSA) is 95.8 Å². The smallest absolute Gasteiger partial charge is 0.477 e. The molecule has 2 N–H and O–H groups in total. The van der Waals surface area contributed by atoms with Crippen LogP contribution in [-0.2, 0) is 9.59 Å². The number of aliphatic imine (C=N–C) groups is 1. The van der Waals surface area contributed by atoms with E-state index in [1.807, 2.05) is 5.32 Å². The molecule has 0 atom stereocenters. The van der Waals surface area contributed by atoms with E-state index in [0.29, 0.717) is 0 Å². The van der Waals surface area contributed by atoms with Crippen molar-refractivity contribution in [2.24, 2.45) is 4.99 Å². The fraction of sp³-hybridized carbons (Fsp3) is 0.200. The number of carbonyl (C=O) groups excluding carboxylic acids is 2. The van der Waals surface area contributed by atoms with Crippen molar-refractivity contribution in [3.8, 4) is 0 Å². The molecule has 1 heterocycles. The predicted molar refractivity (Wildman–Crippen MR) is 39.0 cm³/mol. The molecule has 3 amide bonds. The van der Waals surface area contributed by atoms with Crippen LogP contribution >= 0.6 is 0 Å². The van der Waals surface area contributed by atoms with Gasteiger partial charge in [-0.25, -0.2) is 9.59 Å². The first kappa shape index (κ1) is 11.5. The third kappa shape index (κ3) is 2.88. The second kappa shape index (κ2) is 4.54. The van der Waals surface area contributed by atoms with Gasteiger partial charge >= 0.3 is 49.7 Å². The van der Waals surface area contributed by atoms with Crippen molar-refractivity contribution in [1.82, 2.24) is 5.32 Å². The van der Waals surface area contributed by atoms with Crippen molar-refractivity contribution in [1.29, 1.82) is 0 Å². The van der Waals surface area contributed by atoms with Gasteiger partial charge in [-0.3, -0.25) is 10.1 Å². The van der Waals surface area contributed by atoms with Gasteiger partial charge < -0.3 is 5.11 Å². The molecule has 58 valence electrons. The first-order valence-electron chi connectivity index (χ1n) is 2.74. The van der Waals surface area contributed by atoms with Crippen molar-refractivity contribution in [3.05, 3.63) is 0 Å². The SMILES string of the molecule is O=C1CC(C(=O)O)=NC(=O)N1.[Ca+2]. The summed E-state index contributed by atoms with van der Waals surface area (Å²) in [6, 6.07) is -0.918. The zero-order chi connectivity index (χ0) is 8.43. The largest absolute Gasteiger partial charge is 2.00 e. The average Bonchev–Trinajstić information content (AvgIpc) is 1.85. The van der Waals surface area contributed by atoms with E-state index in [4.69, 9.17) is 5.11 Å². The van der Waals surface area contributed by atoms with Crippen LogP contribution in [0.2, 0.25) is 0 Å². The third-order valence-corrected chi connectivity index (χ3v) is 1.06. The van der Waals surface area contributed by atoms with E-state index >= 15 is 0 Å². The summed E-state index contributed by atoms with van der Waals surface area (Å²) >= 11 is 0. The van der Waals surface area contributed by atoms with Crippen LogP contribution in [0.5, 0.6) is 0 Å². The minimum Gasteiger partial charge on any atom is -0.477 e. The number of imide groups is 1. The number of carbonyl (C=O) groups is 3. The van der Waals surface area contributed by atoms with Gasteiger partial charge in [0.05, 0.1) is 6.42 Å². The maximum Gasteiger partial charge on any atom is 2.00 e. The van der Waals surface area contributed by atoms with Crippen molar-refractivity contribution in [2.45, 2.75) is 6.42 Å². The van der Waals surface area contributed by atoms with Gasteiger partial charge in [-0.15, -0.1) is 0 Å². The minimum absolute atomic E-state index is 0. The predicted octanol–water partition coefficient (Wildman–Crippen LogP) is -1.23. The molecule has 12 heavy (non-hydrogen) atoms. The van der Waals surface area contributed by atoms with E-state index in [2.05, 4.69) is 4.99 Å². The Kier molecular flexibility index (Phi) is 4.36. The van der Waals surface area contributed by atoms with Gasteiger partial charge in [0.15, 0.2) is 0 Å².